The van der Waals surface area contributed by atoms with E-state index in [-0.39, 0.29) is 0 Å². The summed E-state index contributed by atoms with van der Waals surface area (Å²) >= 11 is 0. The Morgan fingerprint density at radius 2 is 2.00 bits per heavy atom. The molecular weight excluding hydrogens is 178 g/mol. The summed E-state index contributed by atoms with van der Waals surface area (Å²) in [5.41, 5.74) is 0. The first-order valence-electron chi connectivity index (χ1n) is 5.58. The molecule has 2 unspecified atom stereocenters. The average molecular weight is 203 g/mol. The monoisotopic (exact) mass is 203 g/mol. The zero-order chi connectivity index (χ0) is 10.8. The third-order valence-corrected chi connectivity index (χ3v) is 2.22. The van der Waals surface area contributed by atoms with E-state index in [4.69, 9.17) is 9.47 Å². The molecule has 0 heterocycles. The lowest BCUT2D eigenvalue weighted by Crippen LogP contribution is -2.37. The Morgan fingerprint density at radius 1 is 1.29 bits per heavy atom. The van der Waals surface area contributed by atoms with Gasteiger partial charge in [-0.05, 0) is 33.2 Å². The number of nitrogens with one attached hydrogen (secondary N) is 1. The lowest BCUT2D eigenvalue weighted by atomic mass is 10.1. The van der Waals surface area contributed by atoms with E-state index in [1.54, 1.807) is 7.11 Å². The standard InChI is InChI=1S/C11H25NO2/c1-5-7-12-11(9-14-6-2)8-10(3)13-4/h10-12H,5-9H2,1-4H3. The van der Waals surface area contributed by atoms with Crippen LogP contribution in [0.5, 0.6) is 0 Å². The summed E-state index contributed by atoms with van der Waals surface area (Å²) < 4.78 is 10.7. The van der Waals surface area contributed by atoms with Gasteiger partial charge in [0, 0.05) is 19.8 Å². The molecule has 3 nitrogen and oxygen atoms in total. The number of methoxy groups -OCH3 is 1. The van der Waals surface area contributed by atoms with Gasteiger partial charge in [-0.3, -0.25) is 0 Å². The van der Waals surface area contributed by atoms with Crippen LogP contribution in [0.4, 0.5) is 0 Å². The maximum atomic E-state index is 5.42. The molecular formula is C11H25NO2. The Bertz CT molecular complexity index is 112. The minimum atomic E-state index is 0.296. The number of hydrogen-bond acceptors (Lipinski definition) is 3. The highest BCUT2D eigenvalue weighted by atomic mass is 16.5. The molecule has 0 amide bonds. The summed E-state index contributed by atoms with van der Waals surface area (Å²) in [6.07, 6.45) is 2.46. The average Bonchev–Trinajstić information content (AvgIpc) is 2.21. The molecule has 2 atom stereocenters. The molecule has 1 N–H and O–H groups in total. The Hall–Kier alpha value is -0.120. The van der Waals surface area contributed by atoms with E-state index < -0.39 is 0 Å². The summed E-state index contributed by atoms with van der Waals surface area (Å²) in [5, 5.41) is 3.46. The third kappa shape index (κ3) is 7.30. The molecule has 86 valence electrons. The van der Waals surface area contributed by atoms with Gasteiger partial charge in [-0.15, -0.1) is 0 Å². The molecule has 0 fully saturated rings. The van der Waals surface area contributed by atoms with Crippen molar-refractivity contribution >= 4 is 0 Å². The van der Waals surface area contributed by atoms with Gasteiger partial charge in [0.15, 0.2) is 0 Å². The van der Waals surface area contributed by atoms with Gasteiger partial charge < -0.3 is 14.8 Å². The fourth-order valence-electron chi connectivity index (χ4n) is 1.32. The Morgan fingerprint density at radius 3 is 2.50 bits per heavy atom. The summed E-state index contributed by atoms with van der Waals surface area (Å²) in [4.78, 5) is 0. The molecule has 0 aromatic heterocycles. The highest BCUT2D eigenvalue weighted by Crippen LogP contribution is 2.02. The van der Waals surface area contributed by atoms with Crippen molar-refractivity contribution in [2.24, 2.45) is 0 Å². The smallest absolute Gasteiger partial charge is 0.0620 e. The van der Waals surface area contributed by atoms with Crippen LogP contribution in [0.15, 0.2) is 0 Å². The molecule has 3 heteroatoms. The Balaban J connectivity index is 3.71. The van der Waals surface area contributed by atoms with Crippen LogP contribution in [0.1, 0.15) is 33.6 Å². The molecule has 0 bridgehead atoms. The molecule has 0 spiro atoms. The normalized spacial score (nSPS) is 15.4. The van der Waals surface area contributed by atoms with Gasteiger partial charge in [0.2, 0.25) is 0 Å². The third-order valence-electron chi connectivity index (χ3n) is 2.22. The van der Waals surface area contributed by atoms with Gasteiger partial charge in [0.05, 0.1) is 12.7 Å². The highest BCUT2D eigenvalue weighted by Gasteiger charge is 2.11. The number of ether oxygens (including phenoxy) is 2. The van der Waals surface area contributed by atoms with Crippen LogP contribution in [0.3, 0.4) is 0 Å². The maximum absolute atomic E-state index is 5.42. The van der Waals surface area contributed by atoms with Gasteiger partial charge in [-0.1, -0.05) is 6.92 Å². The fourth-order valence-corrected chi connectivity index (χ4v) is 1.32. The minimum absolute atomic E-state index is 0.296. The van der Waals surface area contributed by atoms with Crippen molar-refractivity contribution in [2.75, 3.05) is 26.9 Å². The Kier molecular flexibility index (Phi) is 9.35. The van der Waals surface area contributed by atoms with Crippen LogP contribution in [-0.4, -0.2) is 39.0 Å². The lowest BCUT2D eigenvalue weighted by Gasteiger charge is -2.21. The first-order chi connectivity index (χ1) is 6.74. The predicted molar refractivity (Wildman–Crippen MR) is 59.7 cm³/mol. The van der Waals surface area contributed by atoms with Crippen LogP contribution in [-0.2, 0) is 9.47 Å². The van der Waals surface area contributed by atoms with Crippen molar-refractivity contribution < 1.29 is 9.47 Å². The molecule has 0 aliphatic heterocycles. The molecule has 0 aromatic rings. The van der Waals surface area contributed by atoms with Crippen molar-refractivity contribution in [3.8, 4) is 0 Å². The SMILES string of the molecule is CCCNC(COCC)CC(C)OC. The zero-order valence-corrected chi connectivity index (χ0v) is 10.0. The first-order valence-corrected chi connectivity index (χ1v) is 5.58. The van der Waals surface area contributed by atoms with Crippen molar-refractivity contribution in [1.29, 1.82) is 0 Å². The topological polar surface area (TPSA) is 30.5 Å². The van der Waals surface area contributed by atoms with E-state index in [1.165, 1.54) is 0 Å². The summed E-state index contributed by atoms with van der Waals surface area (Å²) in [6, 6.07) is 0.421. The Labute approximate surface area is 88.2 Å². The van der Waals surface area contributed by atoms with Crippen LogP contribution in [0.2, 0.25) is 0 Å². The van der Waals surface area contributed by atoms with Crippen molar-refractivity contribution in [3.63, 3.8) is 0 Å². The van der Waals surface area contributed by atoms with Crippen LogP contribution in [0, 0.1) is 0 Å². The number of rotatable bonds is 9. The van der Waals surface area contributed by atoms with Gasteiger partial charge in [-0.2, -0.15) is 0 Å². The van der Waals surface area contributed by atoms with Gasteiger partial charge in [-0.25, -0.2) is 0 Å². The highest BCUT2D eigenvalue weighted by molar-refractivity contribution is 4.69. The van der Waals surface area contributed by atoms with Gasteiger partial charge in [0.25, 0.3) is 0 Å². The van der Waals surface area contributed by atoms with E-state index in [1.807, 2.05) is 6.92 Å². The van der Waals surface area contributed by atoms with Gasteiger partial charge in [0.1, 0.15) is 0 Å². The van der Waals surface area contributed by atoms with Crippen molar-refractivity contribution in [3.05, 3.63) is 0 Å². The van der Waals surface area contributed by atoms with Crippen LogP contribution in [0.25, 0.3) is 0 Å². The van der Waals surface area contributed by atoms with E-state index in [9.17, 15) is 0 Å². The second kappa shape index (κ2) is 9.44. The minimum Gasteiger partial charge on any atom is -0.382 e. The van der Waals surface area contributed by atoms with Crippen molar-refractivity contribution in [1.82, 2.24) is 5.32 Å². The summed E-state index contributed by atoms with van der Waals surface area (Å²) in [7, 11) is 1.75. The quantitative estimate of drug-likeness (QED) is 0.620. The van der Waals surface area contributed by atoms with Crippen molar-refractivity contribution in [2.45, 2.75) is 45.8 Å². The maximum Gasteiger partial charge on any atom is 0.0620 e. The molecule has 0 saturated heterocycles. The molecule has 0 aliphatic carbocycles. The second-order valence-electron chi connectivity index (χ2n) is 3.59. The van der Waals surface area contributed by atoms with Gasteiger partial charge >= 0.3 is 0 Å². The largest absolute Gasteiger partial charge is 0.382 e. The molecule has 0 saturated carbocycles. The molecule has 0 radical (unpaired) electrons. The summed E-state index contributed by atoms with van der Waals surface area (Å²) in [6.45, 7) is 8.90. The fraction of sp³-hybridized carbons (Fsp3) is 1.00. The summed E-state index contributed by atoms with van der Waals surface area (Å²) in [5.74, 6) is 0. The number of hydrogen-bond donors (Lipinski definition) is 1. The first kappa shape index (κ1) is 13.9. The molecule has 0 rings (SSSR count). The second-order valence-corrected chi connectivity index (χ2v) is 3.59. The van der Waals surface area contributed by atoms with E-state index >= 15 is 0 Å². The predicted octanol–water partition coefficient (Wildman–Crippen LogP) is 1.82. The molecule has 14 heavy (non-hydrogen) atoms. The van der Waals surface area contributed by atoms with Crippen LogP contribution < -0.4 is 5.32 Å². The molecule has 0 aliphatic rings. The lowest BCUT2D eigenvalue weighted by molar-refractivity contribution is 0.0698. The zero-order valence-electron chi connectivity index (χ0n) is 10.0. The molecule has 0 aromatic carbocycles. The van der Waals surface area contributed by atoms with E-state index in [0.717, 1.165) is 32.6 Å². The van der Waals surface area contributed by atoms with E-state index in [2.05, 4.69) is 19.2 Å². The van der Waals surface area contributed by atoms with Crippen LogP contribution >= 0.6 is 0 Å². The van der Waals surface area contributed by atoms with E-state index in [0.29, 0.717) is 12.1 Å².